The van der Waals surface area contributed by atoms with Crippen LogP contribution < -0.4 is 20.1 Å². The van der Waals surface area contributed by atoms with E-state index >= 15 is 0 Å². The minimum Gasteiger partial charge on any atom is -0.493 e. The quantitative estimate of drug-likeness (QED) is 0.464. The predicted octanol–water partition coefficient (Wildman–Crippen LogP) is 2.21. The molecule has 0 saturated heterocycles. The van der Waals surface area contributed by atoms with Crippen LogP contribution in [0.15, 0.2) is 42.5 Å². The summed E-state index contributed by atoms with van der Waals surface area (Å²) in [6.07, 6.45) is -1.09. The normalized spacial score (nSPS) is 11.1. The number of hydrogen-bond acceptors (Lipinski definition) is 7. The number of rotatable bonds is 9. The molecule has 9 heteroatoms. The lowest BCUT2D eigenvalue weighted by Crippen LogP contribution is -2.35. The number of esters is 1. The van der Waals surface area contributed by atoms with Gasteiger partial charge in [-0.05, 0) is 56.3 Å². The van der Waals surface area contributed by atoms with Crippen LogP contribution in [0.2, 0.25) is 0 Å². The van der Waals surface area contributed by atoms with Gasteiger partial charge in [-0.25, -0.2) is 0 Å². The summed E-state index contributed by atoms with van der Waals surface area (Å²) in [6, 6.07) is 10.9. The molecular weight excluding hydrogens is 404 g/mol. The first kappa shape index (κ1) is 23.4. The predicted molar refractivity (Wildman–Crippen MR) is 113 cm³/mol. The molecule has 0 unspecified atom stereocenters. The molecule has 2 amide bonds. The second-order valence-electron chi connectivity index (χ2n) is 6.51. The van der Waals surface area contributed by atoms with E-state index in [2.05, 4.69) is 10.6 Å². The van der Waals surface area contributed by atoms with Crippen LogP contribution in [0.25, 0.3) is 0 Å². The van der Waals surface area contributed by atoms with Crippen LogP contribution in [-0.2, 0) is 14.3 Å². The molecule has 0 fully saturated rings. The van der Waals surface area contributed by atoms with Crippen LogP contribution >= 0.6 is 0 Å². The van der Waals surface area contributed by atoms with Crippen molar-refractivity contribution in [3.05, 3.63) is 53.6 Å². The standard InChI is InChI=1S/C22H24N2O7/c1-13(25)15-5-8-17(9-6-15)24-21(27)14(2)31-20(26)12-23-22(28)16-7-10-18(29-3)19(11-16)30-4/h5-11,14H,12H2,1-4H3,(H,23,28)(H,24,27)/t14-/m0/s1. The minimum absolute atomic E-state index is 0.0877. The third-order valence-corrected chi connectivity index (χ3v) is 4.28. The number of hydrogen-bond donors (Lipinski definition) is 2. The van der Waals surface area contributed by atoms with Gasteiger partial charge in [0.1, 0.15) is 6.54 Å². The molecule has 2 aromatic carbocycles. The number of amides is 2. The maximum Gasteiger partial charge on any atom is 0.326 e. The Bertz CT molecular complexity index is 970. The largest absolute Gasteiger partial charge is 0.493 e. The molecule has 0 bridgehead atoms. The average Bonchev–Trinajstić information content (AvgIpc) is 2.77. The van der Waals surface area contributed by atoms with Gasteiger partial charge in [0.25, 0.3) is 11.8 Å². The van der Waals surface area contributed by atoms with E-state index in [-0.39, 0.29) is 11.3 Å². The third kappa shape index (κ3) is 6.56. The second kappa shape index (κ2) is 10.8. The number of carbonyl (C=O) groups is 4. The lowest BCUT2D eigenvalue weighted by Gasteiger charge is -2.14. The summed E-state index contributed by atoms with van der Waals surface area (Å²) in [6.45, 7) is 2.43. The van der Waals surface area contributed by atoms with E-state index in [1.54, 1.807) is 30.3 Å². The van der Waals surface area contributed by atoms with E-state index < -0.39 is 30.4 Å². The number of carbonyl (C=O) groups excluding carboxylic acids is 4. The molecule has 31 heavy (non-hydrogen) atoms. The Labute approximate surface area is 179 Å². The van der Waals surface area contributed by atoms with Crippen molar-refractivity contribution in [2.75, 3.05) is 26.1 Å². The summed E-state index contributed by atoms with van der Waals surface area (Å²) in [7, 11) is 2.92. The Kier molecular flexibility index (Phi) is 8.13. The van der Waals surface area contributed by atoms with Gasteiger partial charge in [0, 0.05) is 16.8 Å². The number of nitrogens with one attached hydrogen (secondary N) is 2. The maximum absolute atomic E-state index is 12.2. The number of Topliss-reactive ketones (excluding diaryl/α,β-unsaturated/α-hetero) is 1. The maximum atomic E-state index is 12.2. The average molecular weight is 428 g/mol. The second-order valence-corrected chi connectivity index (χ2v) is 6.51. The highest BCUT2D eigenvalue weighted by Crippen LogP contribution is 2.27. The van der Waals surface area contributed by atoms with Crippen molar-refractivity contribution in [1.82, 2.24) is 5.32 Å². The van der Waals surface area contributed by atoms with Crippen molar-refractivity contribution in [1.29, 1.82) is 0 Å². The van der Waals surface area contributed by atoms with Gasteiger partial charge in [-0.1, -0.05) is 0 Å². The number of anilines is 1. The van der Waals surface area contributed by atoms with E-state index in [4.69, 9.17) is 14.2 Å². The summed E-state index contributed by atoms with van der Waals surface area (Å²) in [4.78, 5) is 47.7. The van der Waals surface area contributed by atoms with Crippen LogP contribution in [0, 0.1) is 0 Å². The highest BCUT2D eigenvalue weighted by Gasteiger charge is 2.19. The number of ether oxygens (including phenoxy) is 3. The van der Waals surface area contributed by atoms with E-state index in [1.165, 1.54) is 40.2 Å². The fourth-order valence-corrected chi connectivity index (χ4v) is 2.56. The Morgan fingerprint density at radius 1 is 0.903 bits per heavy atom. The molecule has 0 radical (unpaired) electrons. The van der Waals surface area contributed by atoms with Crippen molar-refractivity contribution < 1.29 is 33.4 Å². The van der Waals surface area contributed by atoms with Crippen molar-refractivity contribution in [2.24, 2.45) is 0 Å². The van der Waals surface area contributed by atoms with Crippen LogP contribution in [-0.4, -0.2) is 50.4 Å². The molecule has 0 heterocycles. The van der Waals surface area contributed by atoms with Crippen molar-refractivity contribution in [2.45, 2.75) is 20.0 Å². The molecule has 0 spiro atoms. The smallest absolute Gasteiger partial charge is 0.326 e. The molecule has 2 N–H and O–H groups in total. The van der Waals surface area contributed by atoms with Gasteiger partial charge >= 0.3 is 5.97 Å². The molecule has 164 valence electrons. The summed E-state index contributed by atoms with van der Waals surface area (Å²) >= 11 is 0. The van der Waals surface area contributed by atoms with Crippen molar-refractivity contribution >= 4 is 29.3 Å². The van der Waals surface area contributed by atoms with E-state index in [1.807, 2.05) is 0 Å². The van der Waals surface area contributed by atoms with Gasteiger partial charge in [0.05, 0.1) is 14.2 Å². The number of benzene rings is 2. The summed E-state index contributed by atoms with van der Waals surface area (Å²) in [5.74, 6) is -1.08. The zero-order valence-electron chi connectivity index (χ0n) is 17.7. The molecule has 0 saturated carbocycles. The fourth-order valence-electron chi connectivity index (χ4n) is 2.56. The fraction of sp³-hybridized carbons (Fsp3) is 0.273. The lowest BCUT2D eigenvalue weighted by molar-refractivity contribution is -0.152. The Hall–Kier alpha value is -3.88. The number of ketones is 1. The van der Waals surface area contributed by atoms with Crippen LogP contribution in [0.4, 0.5) is 5.69 Å². The summed E-state index contributed by atoms with van der Waals surface area (Å²) < 4.78 is 15.3. The first-order chi connectivity index (χ1) is 14.7. The molecular formula is C22H24N2O7. The first-order valence-corrected chi connectivity index (χ1v) is 9.36. The van der Waals surface area contributed by atoms with Crippen molar-refractivity contribution in [3.8, 4) is 11.5 Å². The van der Waals surface area contributed by atoms with E-state index in [0.717, 1.165) is 0 Å². The van der Waals surface area contributed by atoms with Gasteiger partial charge in [0.2, 0.25) is 0 Å². The molecule has 0 aliphatic heterocycles. The molecule has 1 atom stereocenters. The summed E-state index contributed by atoms with van der Waals surface area (Å²) in [5, 5.41) is 5.01. The topological polar surface area (TPSA) is 120 Å². The van der Waals surface area contributed by atoms with Gasteiger partial charge in [-0.15, -0.1) is 0 Å². The Morgan fingerprint density at radius 3 is 2.10 bits per heavy atom. The van der Waals surface area contributed by atoms with Crippen LogP contribution in [0.1, 0.15) is 34.6 Å². The van der Waals surface area contributed by atoms with Crippen LogP contribution in [0.3, 0.4) is 0 Å². The summed E-state index contributed by atoms with van der Waals surface area (Å²) in [5.41, 5.74) is 1.24. The van der Waals surface area contributed by atoms with Gasteiger partial charge in [-0.2, -0.15) is 0 Å². The molecule has 0 aliphatic carbocycles. The minimum atomic E-state index is -1.09. The van der Waals surface area contributed by atoms with E-state index in [9.17, 15) is 19.2 Å². The van der Waals surface area contributed by atoms with Crippen molar-refractivity contribution in [3.63, 3.8) is 0 Å². The highest BCUT2D eigenvalue weighted by molar-refractivity contribution is 5.98. The van der Waals surface area contributed by atoms with Gasteiger partial charge < -0.3 is 24.8 Å². The van der Waals surface area contributed by atoms with Crippen LogP contribution in [0.5, 0.6) is 11.5 Å². The molecule has 2 rings (SSSR count). The Morgan fingerprint density at radius 2 is 1.52 bits per heavy atom. The lowest BCUT2D eigenvalue weighted by atomic mass is 10.1. The molecule has 9 nitrogen and oxygen atoms in total. The zero-order valence-corrected chi connectivity index (χ0v) is 17.7. The Balaban J connectivity index is 1.85. The monoisotopic (exact) mass is 428 g/mol. The molecule has 2 aromatic rings. The van der Waals surface area contributed by atoms with Gasteiger partial charge in [0.15, 0.2) is 23.4 Å². The highest BCUT2D eigenvalue weighted by atomic mass is 16.5. The zero-order chi connectivity index (χ0) is 23.0. The molecule has 0 aromatic heterocycles. The number of methoxy groups -OCH3 is 2. The SMILES string of the molecule is COc1ccc(C(=O)NCC(=O)O[C@@H](C)C(=O)Nc2ccc(C(C)=O)cc2)cc1OC. The van der Waals surface area contributed by atoms with Gasteiger partial charge in [-0.3, -0.25) is 19.2 Å². The third-order valence-electron chi connectivity index (χ3n) is 4.28. The first-order valence-electron chi connectivity index (χ1n) is 9.36. The molecule has 0 aliphatic rings. The van der Waals surface area contributed by atoms with E-state index in [0.29, 0.717) is 22.7 Å².